The van der Waals surface area contributed by atoms with Gasteiger partial charge in [0.2, 0.25) is 5.78 Å². The van der Waals surface area contributed by atoms with Crippen molar-refractivity contribution < 1.29 is 14.7 Å². The fourth-order valence-corrected chi connectivity index (χ4v) is 2.12. The number of hydrogen-bond donors (Lipinski definition) is 3. The number of Topliss-reactive ketones (excluding diaryl/α,β-unsaturated/α-hetero) is 1. The standard InChI is InChI=1S/C16H16N2O3/c1-3-7-17-10-5-6-12(19)15-13(20)9-11(18-8-4-2)16(21)14(10)15/h3-6,9,17-19H,1-2,7-8H2. The van der Waals surface area contributed by atoms with Crippen molar-refractivity contribution in [3.05, 3.63) is 60.3 Å². The van der Waals surface area contributed by atoms with Crippen LogP contribution in [0.15, 0.2) is 49.2 Å². The quantitative estimate of drug-likeness (QED) is 0.550. The first-order valence-electron chi connectivity index (χ1n) is 6.46. The van der Waals surface area contributed by atoms with Crippen LogP contribution >= 0.6 is 0 Å². The average molecular weight is 284 g/mol. The Bertz CT molecular complexity index is 660. The molecule has 0 saturated carbocycles. The zero-order chi connectivity index (χ0) is 15.4. The molecule has 0 saturated heterocycles. The maximum atomic E-state index is 12.5. The summed E-state index contributed by atoms with van der Waals surface area (Å²) in [5.41, 5.74) is 0.890. The molecule has 0 amide bonds. The van der Waals surface area contributed by atoms with E-state index in [1.165, 1.54) is 12.1 Å². The van der Waals surface area contributed by atoms with Crippen molar-refractivity contribution in [1.82, 2.24) is 5.32 Å². The van der Waals surface area contributed by atoms with Crippen LogP contribution in [0.4, 0.5) is 5.69 Å². The van der Waals surface area contributed by atoms with Gasteiger partial charge in [-0.3, -0.25) is 9.59 Å². The van der Waals surface area contributed by atoms with E-state index in [-0.39, 0.29) is 28.4 Å². The van der Waals surface area contributed by atoms with Crippen LogP contribution in [0.3, 0.4) is 0 Å². The summed E-state index contributed by atoms with van der Waals surface area (Å²) in [6, 6.07) is 2.96. The molecule has 1 aliphatic carbocycles. The largest absolute Gasteiger partial charge is 0.507 e. The maximum Gasteiger partial charge on any atom is 0.211 e. The first-order valence-corrected chi connectivity index (χ1v) is 6.46. The van der Waals surface area contributed by atoms with E-state index in [1.807, 2.05) is 0 Å². The van der Waals surface area contributed by atoms with E-state index >= 15 is 0 Å². The van der Waals surface area contributed by atoms with Gasteiger partial charge < -0.3 is 15.7 Å². The molecule has 1 aromatic rings. The molecule has 0 spiro atoms. The summed E-state index contributed by atoms with van der Waals surface area (Å²) in [4.78, 5) is 24.7. The molecule has 0 aromatic heterocycles. The Hall–Kier alpha value is -2.82. The third-order valence-corrected chi connectivity index (χ3v) is 3.05. The number of phenols is 1. The first-order chi connectivity index (χ1) is 10.1. The fourth-order valence-electron chi connectivity index (χ4n) is 2.12. The second-order valence-corrected chi connectivity index (χ2v) is 4.47. The molecular formula is C16H16N2O3. The highest BCUT2D eigenvalue weighted by molar-refractivity contribution is 6.27. The lowest BCUT2D eigenvalue weighted by atomic mass is 9.90. The Morgan fingerprint density at radius 3 is 2.38 bits per heavy atom. The molecule has 0 atom stereocenters. The zero-order valence-electron chi connectivity index (χ0n) is 11.5. The summed E-state index contributed by atoms with van der Waals surface area (Å²) in [6.07, 6.45) is 4.43. The van der Waals surface area contributed by atoms with Gasteiger partial charge in [-0.25, -0.2) is 0 Å². The van der Waals surface area contributed by atoms with E-state index < -0.39 is 5.78 Å². The minimum absolute atomic E-state index is 0.0261. The van der Waals surface area contributed by atoms with Crippen LogP contribution in [0, 0.1) is 0 Å². The number of nitrogens with one attached hydrogen (secondary N) is 2. The van der Waals surface area contributed by atoms with Gasteiger partial charge in [0.05, 0.1) is 16.8 Å². The van der Waals surface area contributed by atoms with Crippen molar-refractivity contribution >= 4 is 17.3 Å². The molecule has 2 rings (SSSR count). The summed E-state index contributed by atoms with van der Waals surface area (Å²) >= 11 is 0. The topological polar surface area (TPSA) is 78.4 Å². The van der Waals surface area contributed by atoms with Crippen LogP contribution in [0.25, 0.3) is 0 Å². The summed E-state index contributed by atoms with van der Waals surface area (Å²) in [5, 5.41) is 15.7. The van der Waals surface area contributed by atoms with Crippen molar-refractivity contribution in [2.24, 2.45) is 0 Å². The lowest BCUT2D eigenvalue weighted by Crippen LogP contribution is -2.28. The van der Waals surface area contributed by atoms with E-state index in [2.05, 4.69) is 23.8 Å². The molecule has 5 heteroatoms. The smallest absolute Gasteiger partial charge is 0.211 e. The van der Waals surface area contributed by atoms with Crippen molar-refractivity contribution in [3.63, 3.8) is 0 Å². The van der Waals surface area contributed by atoms with Crippen LogP contribution in [-0.2, 0) is 0 Å². The Labute approximate surface area is 122 Å². The number of hydrogen-bond acceptors (Lipinski definition) is 5. The predicted molar refractivity (Wildman–Crippen MR) is 81.7 cm³/mol. The molecular weight excluding hydrogens is 268 g/mol. The van der Waals surface area contributed by atoms with E-state index in [4.69, 9.17) is 0 Å². The summed E-state index contributed by atoms with van der Waals surface area (Å²) in [7, 11) is 0. The molecule has 3 N–H and O–H groups in total. The van der Waals surface area contributed by atoms with Crippen LogP contribution in [0.1, 0.15) is 20.7 Å². The number of allylic oxidation sites excluding steroid dienone is 2. The number of fused-ring (bicyclic) bond motifs is 1. The lowest BCUT2D eigenvalue weighted by Gasteiger charge is -2.20. The van der Waals surface area contributed by atoms with Crippen molar-refractivity contribution in [2.75, 3.05) is 18.4 Å². The monoisotopic (exact) mass is 284 g/mol. The molecule has 0 fully saturated rings. The van der Waals surface area contributed by atoms with Gasteiger partial charge in [-0.05, 0) is 12.1 Å². The summed E-state index contributed by atoms with van der Waals surface area (Å²) in [5.74, 6) is -0.948. The Morgan fingerprint density at radius 2 is 1.71 bits per heavy atom. The fraction of sp³-hybridized carbons (Fsp3) is 0.125. The number of rotatable bonds is 6. The number of carbonyl (C=O) groups is 2. The van der Waals surface area contributed by atoms with Crippen LogP contribution < -0.4 is 10.6 Å². The van der Waals surface area contributed by atoms with E-state index in [0.29, 0.717) is 18.8 Å². The number of anilines is 1. The van der Waals surface area contributed by atoms with Crippen molar-refractivity contribution in [2.45, 2.75) is 0 Å². The van der Waals surface area contributed by atoms with Gasteiger partial charge in [0.15, 0.2) is 5.78 Å². The average Bonchev–Trinajstić information content (AvgIpc) is 2.48. The number of phenolic OH excluding ortho intramolecular Hbond substituents is 1. The predicted octanol–water partition coefficient (Wildman–Crippen LogP) is 2.03. The highest BCUT2D eigenvalue weighted by Gasteiger charge is 2.30. The van der Waals surface area contributed by atoms with Gasteiger partial charge in [0.1, 0.15) is 5.75 Å². The van der Waals surface area contributed by atoms with E-state index in [9.17, 15) is 14.7 Å². The zero-order valence-corrected chi connectivity index (χ0v) is 11.5. The van der Waals surface area contributed by atoms with Crippen molar-refractivity contribution in [3.8, 4) is 5.75 Å². The van der Waals surface area contributed by atoms with Gasteiger partial charge >= 0.3 is 0 Å². The summed E-state index contributed by atoms with van der Waals surface area (Å²) in [6.45, 7) is 7.96. The highest BCUT2D eigenvalue weighted by atomic mass is 16.3. The molecule has 0 unspecified atom stereocenters. The number of ketones is 2. The molecule has 21 heavy (non-hydrogen) atoms. The molecule has 0 radical (unpaired) electrons. The summed E-state index contributed by atoms with van der Waals surface area (Å²) < 4.78 is 0. The van der Waals surface area contributed by atoms with E-state index in [0.717, 1.165) is 0 Å². The number of benzene rings is 1. The molecule has 5 nitrogen and oxygen atoms in total. The Balaban J connectivity index is 2.51. The number of aromatic hydroxyl groups is 1. The highest BCUT2D eigenvalue weighted by Crippen LogP contribution is 2.33. The second kappa shape index (κ2) is 6.09. The molecule has 1 aromatic carbocycles. The molecule has 108 valence electrons. The molecule has 0 bridgehead atoms. The Kier molecular flexibility index (Phi) is 4.23. The van der Waals surface area contributed by atoms with Gasteiger partial charge in [-0.1, -0.05) is 12.2 Å². The van der Waals surface area contributed by atoms with Crippen molar-refractivity contribution in [1.29, 1.82) is 0 Å². The van der Waals surface area contributed by atoms with E-state index in [1.54, 1.807) is 18.2 Å². The minimum atomic E-state index is -0.407. The second-order valence-electron chi connectivity index (χ2n) is 4.47. The Morgan fingerprint density at radius 1 is 1.05 bits per heavy atom. The SMILES string of the molecule is C=CCNC1=CC(=O)c2c(O)ccc(NCC=C)c2C1=O. The maximum absolute atomic E-state index is 12.5. The third-order valence-electron chi connectivity index (χ3n) is 3.05. The van der Waals surface area contributed by atoms with Crippen LogP contribution in [0.2, 0.25) is 0 Å². The molecule has 0 aliphatic heterocycles. The normalized spacial score (nSPS) is 13.2. The van der Waals surface area contributed by atoms with Gasteiger partial charge in [0.25, 0.3) is 0 Å². The molecule has 1 aliphatic rings. The minimum Gasteiger partial charge on any atom is -0.507 e. The number of carbonyl (C=O) groups excluding carboxylic acids is 2. The van der Waals surface area contributed by atoms with Gasteiger partial charge in [-0.2, -0.15) is 0 Å². The van der Waals surface area contributed by atoms with Crippen LogP contribution in [-0.4, -0.2) is 29.8 Å². The van der Waals surface area contributed by atoms with Gasteiger partial charge in [-0.15, -0.1) is 13.2 Å². The van der Waals surface area contributed by atoms with Gasteiger partial charge in [0, 0.05) is 24.9 Å². The molecule has 0 heterocycles. The third kappa shape index (κ3) is 2.72. The lowest BCUT2D eigenvalue weighted by molar-refractivity contribution is 0.0977. The first kappa shape index (κ1) is 14.6. The van der Waals surface area contributed by atoms with Crippen LogP contribution in [0.5, 0.6) is 5.75 Å².